The molecule has 0 radical (unpaired) electrons. The molecule has 0 spiro atoms. The number of halogens is 3. The Labute approximate surface area is 191 Å². The third-order valence-electron chi connectivity index (χ3n) is 6.48. The summed E-state index contributed by atoms with van der Waals surface area (Å²) in [5.41, 5.74) is 0.186. The van der Waals surface area contributed by atoms with Gasteiger partial charge >= 0.3 is 0 Å². The second-order valence-electron chi connectivity index (χ2n) is 8.88. The van der Waals surface area contributed by atoms with Crippen LogP contribution in [0.15, 0.2) is 48.7 Å². The Morgan fingerprint density at radius 2 is 2.00 bits per heavy atom. The molecule has 2 aromatic rings. The van der Waals surface area contributed by atoms with E-state index in [-0.39, 0.29) is 37.4 Å². The van der Waals surface area contributed by atoms with Crippen LogP contribution >= 0.6 is 0 Å². The van der Waals surface area contributed by atoms with Crippen molar-refractivity contribution in [3.63, 3.8) is 0 Å². The molecule has 4 rings (SSSR count). The first-order chi connectivity index (χ1) is 15.5. The van der Waals surface area contributed by atoms with Crippen molar-refractivity contribution < 1.29 is 25.8 Å². The summed E-state index contributed by atoms with van der Waals surface area (Å²) in [6.45, 7) is 0. The third-order valence-corrected chi connectivity index (χ3v) is 7.08. The number of benzene rings is 1. The Hall–Kier alpha value is -2.70. The number of hydrogen-bond donors (Lipinski definition) is 0. The number of pyridine rings is 1. The summed E-state index contributed by atoms with van der Waals surface area (Å²) in [5.74, 6) is -4.69. The van der Waals surface area contributed by atoms with Crippen LogP contribution in [0, 0.1) is 34.9 Å². The maximum Gasteiger partial charge on any atom is 0.265 e. The van der Waals surface area contributed by atoms with Gasteiger partial charge in [0, 0.05) is 30.5 Å². The molecule has 1 heterocycles. The number of nitriles is 1. The van der Waals surface area contributed by atoms with Crippen LogP contribution in [-0.4, -0.2) is 31.2 Å². The average Bonchev–Trinajstić information content (AvgIpc) is 3.02. The molecule has 2 aliphatic rings. The summed E-state index contributed by atoms with van der Waals surface area (Å²) in [7, 11) is -4.00. The summed E-state index contributed by atoms with van der Waals surface area (Å²) >= 11 is 0. The second kappa shape index (κ2) is 8.58. The van der Waals surface area contributed by atoms with E-state index in [1.165, 1.54) is 12.1 Å². The van der Waals surface area contributed by atoms with Crippen molar-refractivity contribution in [2.24, 2.45) is 17.8 Å². The molecule has 2 aliphatic carbocycles. The maximum atomic E-state index is 14.0. The standard InChI is InChI=1S/C24H23F3N2O3S/c1-33(30,31)32-23(15-28)12-18-13-24(26,27)10-9-21(18)22(23)8-7-20-6-5-17(14-29-20)16-3-2-4-19(25)11-16/h2-8,11,14,18,21-22H,9-10,12-13H2,1H3/t18-,21-,22+,23?/m1/s1. The molecule has 0 aliphatic heterocycles. The number of aromatic nitrogens is 1. The predicted octanol–water partition coefficient (Wildman–Crippen LogP) is 5.21. The van der Waals surface area contributed by atoms with Gasteiger partial charge in [-0.15, -0.1) is 0 Å². The molecule has 174 valence electrons. The van der Waals surface area contributed by atoms with Crippen LogP contribution in [0.5, 0.6) is 0 Å². The summed E-state index contributed by atoms with van der Waals surface area (Å²) in [5, 5.41) is 9.90. The zero-order valence-electron chi connectivity index (χ0n) is 17.9. The van der Waals surface area contributed by atoms with Crippen LogP contribution in [-0.2, 0) is 14.3 Å². The molecule has 0 bridgehead atoms. The molecular weight excluding hydrogens is 453 g/mol. The van der Waals surface area contributed by atoms with Crippen molar-refractivity contribution in [2.45, 2.75) is 37.2 Å². The summed E-state index contributed by atoms with van der Waals surface area (Å²) < 4.78 is 70.6. The fraction of sp³-hybridized carbons (Fsp3) is 0.417. The molecule has 1 unspecified atom stereocenters. The van der Waals surface area contributed by atoms with Gasteiger partial charge in [-0.25, -0.2) is 17.4 Å². The van der Waals surface area contributed by atoms with E-state index < -0.39 is 33.5 Å². The Morgan fingerprint density at radius 3 is 2.64 bits per heavy atom. The molecule has 4 atom stereocenters. The molecule has 9 heteroatoms. The number of fused-ring (bicyclic) bond motifs is 1. The molecule has 5 nitrogen and oxygen atoms in total. The highest BCUT2D eigenvalue weighted by molar-refractivity contribution is 7.86. The molecule has 0 amide bonds. The van der Waals surface area contributed by atoms with E-state index in [0.717, 1.165) is 6.26 Å². The Balaban J connectivity index is 1.62. The quantitative estimate of drug-likeness (QED) is 0.554. The molecule has 1 aromatic heterocycles. The van der Waals surface area contributed by atoms with Gasteiger partial charge in [0.25, 0.3) is 10.1 Å². The first kappa shape index (κ1) is 23.5. The van der Waals surface area contributed by atoms with Crippen molar-refractivity contribution in [3.05, 3.63) is 60.2 Å². The van der Waals surface area contributed by atoms with E-state index in [2.05, 4.69) is 4.98 Å². The van der Waals surface area contributed by atoms with Gasteiger partial charge in [-0.2, -0.15) is 13.7 Å². The minimum atomic E-state index is -4.00. The first-order valence-electron chi connectivity index (χ1n) is 10.6. The lowest BCUT2D eigenvalue weighted by Gasteiger charge is -2.33. The van der Waals surface area contributed by atoms with E-state index in [0.29, 0.717) is 16.8 Å². The highest BCUT2D eigenvalue weighted by atomic mass is 32.2. The van der Waals surface area contributed by atoms with Crippen LogP contribution < -0.4 is 0 Å². The van der Waals surface area contributed by atoms with Crippen LogP contribution in [0.2, 0.25) is 0 Å². The van der Waals surface area contributed by atoms with E-state index >= 15 is 0 Å². The van der Waals surface area contributed by atoms with Gasteiger partial charge in [-0.3, -0.25) is 4.98 Å². The molecular formula is C24H23F3N2O3S. The fourth-order valence-electron chi connectivity index (χ4n) is 5.16. The lowest BCUT2D eigenvalue weighted by molar-refractivity contribution is -0.0659. The van der Waals surface area contributed by atoms with Crippen molar-refractivity contribution >= 4 is 16.2 Å². The second-order valence-corrected chi connectivity index (χ2v) is 10.5. The minimum Gasteiger partial charge on any atom is -0.256 e. The summed E-state index contributed by atoms with van der Waals surface area (Å²) in [6, 6.07) is 11.6. The monoisotopic (exact) mass is 476 g/mol. The van der Waals surface area contributed by atoms with E-state index in [9.17, 15) is 26.9 Å². The zero-order chi connectivity index (χ0) is 23.9. The van der Waals surface area contributed by atoms with Gasteiger partial charge in [0.15, 0.2) is 5.60 Å². The van der Waals surface area contributed by atoms with Crippen molar-refractivity contribution in [3.8, 4) is 17.2 Å². The number of nitrogens with zero attached hydrogens (tertiary/aromatic N) is 2. The SMILES string of the molecule is CS(=O)(=O)OC1(C#N)C[C@@H]2CC(F)(F)CC[C@H]2[C@@H]1C=Cc1ccc(-c2cccc(F)c2)cn1. The predicted molar refractivity (Wildman–Crippen MR) is 117 cm³/mol. The average molecular weight is 477 g/mol. The number of hydrogen-bond acceptors (Lipinski definition) is 5. The molecule has 2 fully saturated rings. The third kappa shape index (κ3) is 5.12. The number of alkyl halides is 2. The van der Waals surface area contributed by atoms with Gasteiger partial charge in [0.05, 0.1) is 18.0 Å². The zero-order valence-corrected chi connectivity index (χ0v) is 18.7. The van der Waals surface area contributed by atoms with Gasteiger partial charge in [0.2, 0.25) is 5.92 Å². The summed E-state index contributed by atoms with van der Waals surface area (Å²) in [4.78, 5) is 4.35. The Bertz CT molecular complexity index is 1210. The molecule has 2 saturated carbocycles. The van der Waals surface area contributed by atoms with E-state index in [1.807, 2.05) is 6.07 Å². The van der Waals surface area contributed by atoms with Gasteiger partial charge < -0.3 is 0 Å². The largest absolute Gasteiger partial charge is 0.265 e. The lowest BCUT2D eigenvalue weighted by Crippen LogP contribution is -2.38. The molecule has 33 heavy (non-hydrogen) atoms. The Morgan fingerprint density at radius 1 is 1.21 bits per heavy atom. The van der Waals surface area contributed by atoms with Crippen molar-refractivity contribution in [1.29, 1.82) is 5.26 Å². The van der Waals surface area contributed by atoms with Crippen LogP contribution in [0.4, 0.5) is 13.2 Å². The first-order valence-corrected chi connectivity index (χ1v) is 12.4. The van der Waals surface area contributed by atoms with Crippen LogP contribution in [0.1, 0.15) is 31.4 Å². The topological polar surface area (TPSA) is 80.0 Å². The molecule has 0 saturated heterocycles. The highest BCUT2D eigenvalue weighted by Crippen LogP contribution is 2.56. The van der Waals surface area contributed by atoms with E-state index in [4.69, 9.17) is 4.18 Å². The van der Waals surface area contributed by atoms with Gasteiger partial charge in [-0.1, -0.05) is 24.3 Å². The highest BCUT2D eigenvalue weighted by Gasteiger charge is 2.59. The maximum absolute atomic E-state index is 14.0. The van der Waals surface area contributed by atoms with E-state index in [1.54, 1.807) is 42.6 Å². The molecule has 1 aromatic carbocycles. The van der Waals surface area contributed by atoms with Crippen molar-refractivity contribution in [2.75, 3.05) is 6.26 Å². The van der Waals surface area contributed by atoms with Gasteiger partial charge in [0.1, 0.15) is 5.82 Å². The molecule has 0 N–H and O–H groups in total. The summed E-state index contributed by atoms with van der Waals surface area (Å²) in [6.07, 6.45) is 5.15. The minimum absolute atomic E-state index is 0.0717. The smallest absolute Gasteiger partial charge is 0.256 e. The van der Waals surface area contributed by atoms with Gasteiger partial charge in [-0.05, 0) is 54.5 Å². The fourth-order valence-corrected chi connectivity index (χ4v) is 5.92. The normalized spacial score (nSPS) is 29.0. The van der Waals surface area contributed by atoms with Crippen LogP contribution in [0.3, 0.4) is 0 Å². The van der Waals surface area contributed by atoms with Crippen LogP contribution in [0.25, 0.3) is 17.2 Å². The van der Waals surface area contributed by atoms with Crippen molar-refractivity contribution in [1.82, 2.24) is 4.98 Å². The number of rotatable bonds is 5. The Kier molecular flexibility index (Phi) is 6.10. The lowest BCUT2D eigenvalue weighted by atomic mass is 9.75.